The van der Waals surface area contributed by atoms with Gasteiger partial charge in [-0.1, -0.05) is 0 Å². The van der Waals surface area contributed by atoms with Crippen molar-refractivity contribution in [2.45, 2.75) is 25.7 Å². The Balaban J connectivity index is 4.26. The van der Waals surface area contributed by atoms with Gasteiger partial charge in [0.25, 0.3) is 0 Å². The molecule has 0 spiro atoms. The van der Waals surface area contributed by atoms with Crippen LogP contribution in [0.4, 0.5) is 8.78 Å². The Morgan fingerprint density at radius 1 is 1.23 bits per heavy atom. The molecule has 0 rings (SSSR count). The molecule has 1 N–H and O–H groups in total. The number of Topliss-reactive ketones (excluding diaryl/α,β-unsaturated/α-hetero) is 2. The lowest BCUT2D eigenvalue weighted by molar-refractivity contribution is -0.156. The lowest BCUT2D eigenvalue weighted by Crippen LogP contribution is -2.36. The largest absolute Gasteiger partial charge is 0.481 e. The molecule has 0 saturated heterocycles. The minimum Gasteiger partial charge on any atom is -0.481 e. The first-order valence-electron chi connectivity index (χ1n) is 3.42. The fourth-order valence-electron chi connectivity index (χ4n) is 0.574. The van der Waals surface area contributed by atoms with E-state index in [-0.39, 0.29) is 0 Å². The van der Waals surface area contributed by atoms with E-state index in [9.17, 15) is 23.2 Å². The number of carboxylic acid groups (broad SMARTS) is 1. The highest BCUT2D eigenvalue weighted by Crippen LogP contribution is 2.18. The number of carbonyl (C=O) groups excluding carboxylic acids is 2. The van der Waals surface area contributed by atoms with Crippen LogP contribution in [-0.2, 0) is 14.4 Å². The van der Waals surface area contributed by atoms with Gasteiger partial charge in [-0.2, -0.15) is 8.78 Å². The van der Waals surface area contributed by atoms with E-state index in [0.29, 0.717) is 6.92 Å². The van der Waals surface area contributed by atoms with Crippen LogP contribution in [0.5, 0.6) is 0 Å². The lowest BCUT2D eigenvalue weighted by Gasteiger charge is -2.09. The van der Waals surface area contributed by atoms with Crippen LogP contribution in [0.25, 0.3) is 0 Å². The van der Waals surface area contributed by atoms with Gasteiger partial charge in [0.05, 0.1) is 6.42 Å². The first kappa shape index (κ1) is 11.7. The van der Waals surface area contributed by atoms with Gasteiger partial charge in [-0.05, 0) is 0 Å². The van der Waals surface area contributed by atoms with E-state index in [2.05, 4.69) is 0 Å². The molecule has 0 aromatic heterocycles. The molecule has 0 saturated carbocycles. The van der Waals surface area contributed by atoms with Crippen LogP contribution < -0.4 is 0 Å². The van der Waals surface area contributed by atoms with Crippen LogP contribution in [0.2, 0.25) is 0 Å². The van der Waals surface area contributed by atoms with Crippen molar-refractivity contribution in [1.82, 2.24) is 0 Å². The smallest absolute Gasteiger partial charge is 0.362 e. The maximum absolute atomic E-state index is 12.5. The molecule has 0 aliphatic carbocycles. The molecule has 0 fully saturated rings. The van der Waals surface area contributed by atoms with Gasteiger partial charge in [-0.25, -0.2) is 0 Å². The van der Waals surface area contributed by atoms with Gasteiger partial charge in [-0.3, -0.25) is 14.4 Å². The van der Waals surface area contributed by atoms with E-state index in [0.717, 1.165) is 0 Å². The fraction of sp³-hybridized carbons (Fsp3) is 0.571. The summed E-state index contributed by atoms with van der Waals surface area (Å²) < 4.78 is 25.0. The quantitative estimate of drug-likeness (QED) is 0.652. The molecule has 0 aliphatic rings. The summed E-state index contributed by atoms with van der Waals surface area (Å²) in [4.78, 5) is 30.7. The topological polar surface area (TPSA) is 71.4 Å². The minimum atomic E-state index is -4.05. The summed E-state index contributed by atoms with van der Waals surface area (Å²) in [6, 6.07) is 0. The van der Waals surface area contributed by atoms with Crippen molar-refractivity contribution in [3.8, 4) is 0 Å². The summed E-state index contributed by atoms with van der Waals surface area (Å²) >= 11 is 0. The molecule has 4 nitrogen and oxygen atoms in total. The predicted molar refractivity (Wildman–Crippen MR) is 37.5 cm³/mol. The van der Waals surface area contributed by atoms with Crippen molar-refractivity contribution >= 4 is 17.5 Å². The normalized spacial score (nSPS) is 11.0. The van der Waals surface area contributed by atoms with Crippen LogP contribution >= 0.6 is 0 Å². The van der Waals surface area contributed by atoms with Gasteiger partial charge in [0.15, 0.2) is 0 Å². The molecular formula is C7H8F2O4. The lowest BCUT2D eigenvalue weighted by atomic mass is 10.1. The second-order valence-electron chi connectivity index (χ2n) is 2.45. The third-order valence-corrected chi connectivity index (χ3v) is 1.36. The van der Waals surface area contributed by atoms with Crippen LogP contribution in [0.15, 0.2) is 0 Å². The highest BCUT2D eigenvalue weighted by Gasteiger charge is 2.43. The first-order chi connectivity index (χ1) is 5.78. The fourth-order valence-corrected chi connectivity index (χ4v) is 0.574. The van der Waals surface area contributed by atoms with Crippen molar-refractivity contribution in [2.24, 2.45) is 0 Å². The van der Waals surface area contributed by atoms with Gasteiger partial charge in [0, 0.05) is 13.3 Å². The van der Waals surface area contributed by atoms with Crippen molar-refractivity contribution in [3.63, 3.8) is 0 Å². The number of carboxylic acids is 1. The zero-order valence-electron chi connectivity index (χ0n) is 6.84. The van der Waals surface area contributed by atoms with Crippen molar-refractivity contribution in [3.05, 3.63) is 0 Å². The van der Waals surface area contributed by atoms with E-state index in [1.807, 2.05) is 0 Å². The van der Waals surface area contributed by atoms with E-state index >= 15 is 0 Å². The predicted octanol–water partition coefficient (Wildman–Crippen LogP) is 0.645. The molecule has 13 heavy (non-hydrogen) atoms. The Morgan fingerprint density at radius 3 is 2.00 bits per heavy atom. The zero-order chi connectivity index (χ0) is 10.6. The maximum atomic E-state index is 12.5. The van der Waals surface area contributed by atoms with Gasteiger partial charge in [0.2, 0.25) is 11.6 Å². The average molecular weight is 194 g/mol. The number of ketones is 2. The van der Waals surface area contributed by atoms with Crippen LogP contribution in [0.3, 0.4) is 0 Å². The van der Waals surface area contributed by atoms with Gasteiger partial charge >= 0.3 is 11.9 Å². The molecular weight excluding hydrogens is 186 g/mol. The number of aliphatic carboxylic acids is 1. The number of rotatable bonds is 5. The van der Waals surface area contributed by atoms with E-state index < -0.39 is 36.3 Å². The summed E-state index contributed by atoms with van der Waals surface area (Å²) in [5.74, 6) is -8.62. The molecule has 0 aromatic rings. The third kappa shape index (κ3) is 3.27. The van der Waals surface area contributed by atoms with E-state index in [1.54, 1.807) is 0 Å². The van der Waals surface area contributed by atoms with Crippen molar-refractivity contribution < 1.29 is 28.3 Å². The number of alkyl halides is 2. The molecule has 0 amide bonds. The Hall–Kier alpha value is -1.33. The van der Waals surface area contributed by atoms with Gasteiger partial charge in [-0.15, -0.1) is 0 Å². The highest BCUT2D eigenvalue weighted by atomic mass is 19.3. The first-order valence-corrected chi connectivity index (χ1v) is 3.42. The molecule has 0 aliphatic heterocycles. The Morgan fingerprint density at radius 2 is 1.69 bits per heavy atom. The molecule has 0 unspecified atom stereocenters. The number of hydrogen-bond donors (Lipinski definition) is 1. The Kier molecular flexibility index (Phi) is 3.65. The molecule has 0 radical (unpaired) electrons. The van der Waals surface area contributed by atoms with Crippen molar-refractivity contribution in [1.29, 1.82) is 0 Å². The molecule has 0 bridgehead atoms. The molecule has 0 aromatic carbocycles. The highest BCUT2D eigenvalue weighted by molar-refractivity contribution is 6.07. The summed E-state index contributed by atoms with van der Waals surface area (Å²) in [5, 5.41) is 8.08. The van der Waals surface area contributed by atoms with E-state index in [4.69, 9.17) is 5.11 Å². The second-order valence-corrected chi connectivity index (χ2v) is 2.45. The average Bonchev–Trinajstić information content (AvgIpc) is 1.99. The minimum absolute atomic E-state index is 0.582. The standard InChI is InChI=1S/C7H8F2O4/c1-4(10)7(8,9)5(11)2-3-6(12)13/h2-3H2,1H3,(H,12,13). The third-order valence-electron chi connectivity index (χ3n) is 1.36. The second kappa shape index (κ2) is 4.06. The Labute approximate surface area is 72.5 Å². The monoisotopic (exact) mass is 194 g/mol. The molecule has 6 heteroatoms. The van der Waals surface area contributed by atoms with E-state index in [1.165, 1.54) is 0 Å². The zero-order valence-corrected chi connectivity index (χ0v) is 6.84. The summed E-state index contributed by atoms with van der Waals surface area (Å²) in [6.07, 6.45) is -1.52. The van der Waals surface area contributed by atoms with Crippen LogP contribution in [0.1, 0.15) is 19.8 Å². The number of halogens is 2. The molecule has 0 heterocycles. The molecule has 74 valence electrons. The van der Waals surface area contributed by atoms with Gasteiger partial charge < -0.3 is 5.11 Å². The number of carbonyl (C=O) groups is 3. The summed E-state index contributed by atoms with van der Waals surface area (Å²) in [7, 11) is 0. The van der Waals surface area contributed by atoms with Crippen LogP contribution in [-0.4, -0.2) is 28.6 Å². The molecule has 0 atom stereocenters. The number of hydrogen-bond acceptors (Lipinski definition) is 3. The van der Waals surface area contributed by atoms with Crippen LogP contribution in [0, 0.1) is 0 Å². The summed E-state index contributed by atoms with van der Waals surface area (Å²) in [5.41, 5.74) is 0. The van der Waals surface area contributed by atoms with Gasteiger partial charge in [0.1, 0.15) is 0 Å². The Bertz CT molecular complexity index is 247. The SMILES string of the molecule is CC(=O)C(F)(F)C(=O)CCC(=O)O. The maximum Gasteiger partial charge on any atom is 0.362 e. The summed E-state index contributed by atoms with van der Waals surface area (Å²) in [6.45, 7) is 0.582. The van der Waals surface area contributed by atoms with Crippen molar-refractivity contribution in [2.75, 3.05) is 0 Å².